The predicted octanol–water partition coefficient (Wildman–Crippen LogP) is 1.28. The molecule has 0 radical (unpaired) electrons. The molecule has 13 heavy (non-hydrogen) atoms. The van der Waals surface area contributed by atoms with Crippen molar-refractivity contribution in [3.8, 4) is 0 Å². The van der Waals surface area contributed by atoms with Crippen LogP contribution in [0.5, 0.6) is 0 Å². The van der Waals surface area contributed by atoms with Gasteiger partial charge in [-0.3, -0.25) is 9.59 Å². The van der Waals surface area contributed by atoms with Gasteiger partial charge in [-0.1, -0.05) is 0 Å². The first-order chi connectivity index (χ1) is 6.22. The van der Waals surface area contributed by atoms with E-state index in [-0.39, 0.29) is 17.6 Å². The Labute approximate surface area is 74.2 Å². The first-order valence-corrected chi connectivity index (χ1v) is 4.00. The van der Waals surface area contributed by atoms with Crippen LogP contribution in [-0.2, 0) is 4.79 Å². The fraction of sp³-hybridized carbons (Fsp3) is 0.333. The van der Waals surface area contributed by atoms with E-state index in [1.807, 2.05) is 0 Å². The van der Waals surface area contributed by atoms with Gasteiger partial charge in [0, 0.05) is 5.92 Å². The molecular formula is C9H8O4. The van der Waals surface area contributed by atoms with Gasteiger partial charge in [0.05, 0.1) is 5.92 Å². The Hall–Kier alpha value is -1.58. The number of carboxylic acid groups (broad SMARTS) is 1. The monoisotopic (exact) mass is 180 g/mol. The summed E-state index contributed by atoms with van der Waals surface area (Å²) in [4.78, 5) is 20.8. The van der Waals surface area contributed by atoms with Crippen LogP contribution in [0.4, 0.5) is 0 Å². The summed E-state index contributed by atoms with van der Waals surface area (Å²) in [5.74, 6) is -0.300. The number of aldehydes is 1. The molecule has 0 bridgehead atoms. The maximum Gasteiger partial charge on any atom is 0.307 e. The van der Waals surface area contributed by atoms with E-state index in [2.05, 4.69) is 0 Å². The highest BCUT2D eigenvalue weighted by Gasteiger charge is 2.46. The fourth-order valence-electron chi connectivity index (χ4n) is 1.41. The lowest BCUT2D eigenvalue weighted by atomic mass is 10.2. The highest BCUT2D eigenvalue weighted by Crippen LogP contribution is 2.47. The highest BCUT2D eigenvalue weighted by molar-refractivity contribution is 5.75. The number of hydrogen-bond acceptors (Lipinski definition) is 3. The zero-order valence-electron chi connectivity index (χ0n) is 6.77. The van der Waals surface area contributed by atoms with E-state index < -0.39 is 5.97 Å². The second-order valence-corrected chi connectivity index (χ2v) is 3.14. The minimum Gasteiger partial charge on any atom is -0.481 e. The molecule has 4 heteroatoms. The van der Waals surface area contributed by atoms with Crippen molar-refractivity contribution in [2.24, 2.45) is 5.92 Å². The summed E-state index contributed by atoms with van der Waals surface area (Å²) >= 11 is 0. The van der Waals surface area contributed by atoms with Gasteiger partial charge >= 0.3 is 5.97 Å². The second kappa shape index (κ2) is 2.73. The molecule has 1 fully saturated rings. The van der Waals surface area contributed by atoms with Crippen LogP contribution < -0.4 is 0 Å². The summed E-state index contributed by atoms with van der Waals surface area (Å²) < 4.78 is 5.11. The Balaban J connectivity index is 2.11. The summed E-state index contributed by atoms with van der Waals surface area (Å²) in [7, 11) is 0. The zero-order valence-corrected chi connectivity index (χ0v) is 6.77. The van der Waals surface area contributed by atoms with Gasteiger partial charge in [-0.05, 0) is 18.6 Å². The number of rotatable bonds is 3. The van der Waals surface area contributed by atoms with E-state index >= 15 is 0 Å². The fourth-order valence-corrected chi connectivity index (χ4v) is 1.41. The number of hydrogen-bond donors (Lipinski definition) is 1. The Morgan fingerprint density at radius 1 is 1.62 bits per heavy atom. The molecule has 0 aliphatic heterocycles. The van der Waals surface area contributed by atoms with Crippen LogP contribution >= 0.6 is 0 Å². The van der Waals surface area contributed by atoms with Crippen LogP contribution in [-0.4, -0.2) is 17.4 Å². The van der Waals surface area contributed by atoms with Gasteiger partial charge in [-0.25, -0.2) is 0 Å². The van der Waals surface area contributed by atoms with Gasteiger partial charge in [-0.15, -0.1) is 0 Å². The summed E-state index contributed by atoms with van der Waals surface area (Å²) in [6.07, 6.45) is 1.22. The average Bonchev–Trinajstić information content (AvgIpc) is 2.78. The molecule has 68 valence electrons. The molecule has 1 aromatic rings. The minimum atomic E-state index is -0.797. The number of carbonyl (C=O) groups is 2. The molecule has 2 rings (SSSR count). The second-order valence-electron chi connectivity index (χ2n) is 3.14. The largest absolute Gasteiger partial charge is 0.481 e. The van der Waals surface area contributed by atoms with E-state index in [1.165, 1.54) is 0 Å². The van der Waals surface area contributed by atoms with Gasteiger partial charge in [0.25, 0.3) is 0 Å². The van der Waals surface area contributed by atoms with Crippen molar-refractivity contribution in [2.75, 3.05) is 0 Å². The van der Waals surface area contributed by atoms with E-state index in [0.717, 1.165) is 0 Å². The molecule has 0 aromatic carbocycles. The van der Waals surface area contributed by atoms with E-state index in [4.69, 9.17) is 9.52 Å². The predicted molar refractivity (Wildman–Crippen MR) is 42.6 cm³/mol. The van der Waals surface area contributed by atoms with Gasteiger partial charge < -0.3 is 9.52 Å². The van der Waals surface area contributed by atoms with E-state index in [0.29, 0.717) is 18.5 Å². The number of aliphatic carboxylic acids is 1. The topological polar surface area (TPSA) is 67.5 Å². The minimum absolute atomic E-state index is 0.0359. The van der Waals surface area contributed by atoms with Crippen LogP contribution in [0.1, 0.15) is 28.7 Å². The van der Waals surface area contributed by atoms with Crippen molar-refractivity contribution < 1.29 is 19.1 Å². The van der Waals surface area contributed by atoms with E-state index in [9.17, 15) is 9.59 Å². The summed E-state index contributed by atoms with van der Waals surface area (Å²) in [6, 6.07) is 3.22. The van der Waals surface area contributed by atoms with Crippen molar-refractivity contribution in [3.05, 3.63) is 23.7 Å². The average molecular weight is 180 g/mol. The Bertz CT molecular complexity index is 352. The third-order valence-electron chi connectivity index (χ3n) is 2.24. The van der Waals surface area contributed by atoms with Crippen molar-refractivity contribution in [1.82, 2.24) is 0 Å². The standard InChI is InChI=1S/C9H8O4/c10-4-5-1-2-8(13-5)6-3-7(6)9(11)12/h1-2,4,6-7H,3H2,(H,11,12)/t6?,7-/m0/s1. The summed E-state index contributed by atoms with van der Waals surface area (Å²) in [5, 5.41) is 8.64. The normalized spacial score (nSPS) is 25.5. The van der Waals surface area contributed by atoms with Crippen molar-refractivity contribution in [2.45, 2.75) is 12.3 Å². The highest BCUT2D eigenvalue weighted by atomic mass is 16.4. The smallest absolute Gasteiger partial charge is 0.307 e. The quantitative estimate of drug-likeness (QED) is 0.711. The maximum absolute atomic E-state index is 10.5. The van der Waals surface area contributed by atoms with Crippen molar-refractivity contribution in [1.29, 1.82) is 0 Å². The molecule has 4 nitrogen and oxygen atoms in total. The lowest BCUT2D eigenvalue weighted by Gasteiger charge is -1.89. The maximum atomic E-state index is 10.5. The van der Waals surface area contributed by atoms with Crippen LogP contribution in [0.3, 0.4) is 0 Å². The molecule has 0 spiro atoms. The first-order valence-electron chi connectivity index (χ1n) is 4.00. The Morgan fingerprint density at radius 3 is 2.85 bits per heavy atom. The van der Waals surface area contributed by atoms with Crippen LogP contribution in [0.15, 0.2) is 16.5 Å². The van der Waals surface area contributed by atoms with Crippen molar-refractivity contribution >= 4 is 12.3 Å². The molecule has 0 amide bonds. The van der Waals surface area contributed by atoms with Gasteiger partial charge in [0.2, 0.25) is 0 Å². The van der Waals surface area contributed by atoms with E-state index in [1.54, 1.807) is 12.1 Å². The molecule has 1 saturated carbocycles. The molecule has 2 atom stereocenters. The summed E-state index contributed by atoms with van der Waals surface area (Å²) in [6.45, 7) is 0. The lowest BCUT2D eigenvalue weighted by Crippen LogP contribution is -1.98. The van der Waals surface area contributed by atoms with Gasteiger partial charge in [0.1, 0.15) is 5.76 Å². The molecule has 1 unspecified atom stereocenters. The first kappa shape index (κ1) is 8.04. The lowest BCUT2D eigenvalue weighted by molar-refractivity contribution is -0.138. The SMILES string of the molecule is O=Cc1ccc(C2C[C@@H]2C(=O)O)o1. The number of carboxylic acids is 1. The third-order valence-corrected chi connectivity index (χ3v) is 2.24. The molecule has 1 aliphatic rings. The van der Waals surface area contributed by atoms with Crippen LogP contribution in [0.25, 0.3) is 0 Å². The Kier molecular flexibility index (Phi) is 1.69. The molecule has 1 heterocycles. The number of carbonyl (C=O) groups excluding carboxylic acids is 1. The molecule has 1 aromatic heterocycles. The number of furan rings is 1. The molecular weight excluding hydrogens is 172 g/mol. The molecule has 1 aliphatic carbocycles. The summed E-state index contributed by atoms with van der Waals surface area (Å²) in [5.41, 5.74) is 0. The van der Waals surface area contributed by atoms with Crippen LogP contribution in [0.2, 0.25) is 0 Å². The third kappa shape index (κ3) is 1.35. The zero-order chi connectivity index (χ0) is 9.42. The van der Waals surface area contributed by atoms with Crippen molar-refractivity contribution in [3.63, 3.8) is 0 Å². The Morgan fingerprint density at radius 2 is 2.38 bits per heavy atom. The van der Waals surface area contributed by atoms with Gasteiger partial charge in [0.15, 0.2) is 12.0 Å². The van der Waals surface area contributed by atoms with Gasteiger partial charge in [-0.2, -0.15) is 0 Å². The molecule has 1 N–H and O–H groups in total. The van der Waals surface area contributed by atoms with Crippen LogP contribution in [0, 0.1) is 5.92 Å². The molecule has 0 saturated heterocycles.